The summed E-state index contributed by atoms with van der Waals surface area (Å²) in [5.41, 5.74) is 0.794. The van der Waals surface area contributed by atoms with Crippen LogP contribution in [0.1, 0.15) is 36.1 Å². The summed E-state index contributed by atoms with van der Waals surface area (Å²) in [6, 6.07) is 5.84. The fourth-order valence-electron chi connectivity index (χ4n) is 2.98. The van der Waals surface area contributed by atoms with E-state index in [1.165, 1.54) is 36.4 Å². The third kappa shape index (κ3) is 4.21. The van der Waals surface area contributed by atoms with Crippen LogP contribution in [0.25, 0.3) is 0 Å². The van der Waals surface area contributed by atoms with Gasteiger partial charge in [0.05, 0.1) is 10.7 Å². The number of anilines is 2. The van der Waals surface area contributed by atoms with E-state index in [0.29, 0.717) is 24.5 Å². The molecule has 28 heavy (non-hydrogen) atoms. The van der Waals surface area contributed by atoms with E-state index in [0.717, 1.165) is 12.8 Å². The Morgan fingerprint density at radius 1 is 1.14 bits per heavy atom. The zero-order valence-electron chi connectivity index (χ0n) is 15.4. The number of halogens is 1. The first-order valence-corrected chi connectivity index (χ1v) is 10.5. The van der Waals surface area contributed by atoms with Gasteiger partial charge in [0.25, 0.3) is 5.91 Å². The minimum Gasteiger partial charge on any atom is -0.455 e. The van der Waals surface area contributed by atoms with Crippen LogP contribution in [0.3, 0.4) is 0 Å². The van der Waals surface area contributed by atoms with Crippen LogP contribution in [0.15, 0.2) is 33.6 Å². The molecule has 0 aliphatic carbocycles. The molecule has 2 heterocycles. The molecule has 1 fully saturated rings. The average Bonchev–Trinajstić information content (AvgIpc) is 3.27. The van der Waals surface area contributed by atoms with Gasteiger partial charge in [-0.2, -0.15) is 4.31 Å². The van der Waals surface area contributed by atoms with Crippen LogP contribution in [0.2, 0.25) is 5.02 Å². The third-order valence-electron chi connectivity index (χ3n) is 4.32. The first-order valence-electron chi connectivity index (χ1n) is 8.67. The number of nitrogens with zero attached hydrogens (tertiary/aromatic N) is 1. The van der Waals surface area contributed by atoms with Gasteiger partial charge in [-0.25, -0.2) is 8.42 Å². The largest absolute Gasteiger partial charge is 0.455 e. The molecule has 1 aromatic carbocycles. The fourth-order valence-corrected chi connectivity index (χ4v) is 4.89. The lowest BCUT2D eigenvalue weighted by molar-refractivity contribution is -0.114. The second-order valence-electron chi connectivity index (χ2n) is 6.47. The topological polar surface area (TPSA) is 109 Å². The van der Waals surface area contributed by atoms with Gasteiger partial charge in [0.2, 0.25) is 15.9 Å². The predicted octanol–water partition coefficient (Wildman–Crippen LogP) is 3.24. The lowest BCUT2D eigenvalue weighted by atomic mass is 10.2. The van der Waals surface area contributed by atoms with E-state index in [4.69, 9.17) is 16.0 Å². The maximum Gasteiger partial charge on any atom is 0.291 e. The van der Waals surface area contributed by atoms with Gasteiger partial charge < -0.3 is 15.1 Å². The molecule has 2 N–H and O–H groups in total. The molecule has 1 saturated heterocycles. The number of sulfonamides is 1. The van der Waals surface area contributed by atoms with Gasteiger partial charge in [0.15, 0.2) is 5.76 Å². The Morgan fingerprint density at radius 2 is 1.82 bits per heavy atom. The molecule has 2 amide bonds. The quantitative estimate of drug-likeness (QED) is 0.764. The monoisotopic (exact) mass is 425 g/mol. The van der Waals surface area contributed by atoms with Gasteiger partial charge in [0, 0.05) is 31.8 Å². The molecule has 1 aliphatic rings. The van der Waals surface area contributed by atoms with Crippen molar-refractivity contribution in [2.45, 2.75) is 31.6 Å². The molecule has 1 aromatic heterocycles. The van der Waals surface area contributed by atoms with E-state index in [-0.39, 0.29) is 27.3 Å². The molecule has 150 valence electrons. The second kappa shape index (κ2) is 7.94. The Balaban J connectivity index is 1.80. The van der Waals surface area contributed by atoms with E-state index < -0.39 is 15.9 Å². The molecule has 0 bridgehead atoms. The summed E-state index contributed by atoms with van der Waals surface area (Å²) in [6.07, 6.45) is 1.63. The first-order chi connectivity index (χ1) is 13.2. The number of benzene rings is 1. The predicted molar refractivity (Wildman–Crippen MR) is 105 cm³/mol. The first kappa shape index (κ1) is 20.4. The van der Waals surface area contributed by atoms with Crippen molar-refractivity contribution in [1.82, 2.24) is 4.31 Å². The van der Waals surface area contributed by atoms with Crippen molar-refractivity contribution in [3.8, 4) is 0 Å². The van der Waals surface area contributed by atoms with Crippen molar-refractivity contribution in [2.75, 3.05) is 23.7 Å². The number of carbonyl (C=O) groups is 2. The van der Waals surface area contributed by atoms with Gasteiger partial charge in [0.1, 0.15) is 10.7 Å². The molecule has 10 heteroatoms. The Morgan fingerprint density at radius 3 is 2.43 bits per heavy atom. The zero-order valence-corrected chi connectivity index (χ0v) is 17.0. The standard InChI is InChI=1S/C18H20ClN3O5S/c1-11-17(28(25,26)22-7-3-4-8-22)10-16(27-11)18(24)21-15-6-5-13(9-14(15)19)20-12(2)23/h5-6,9-10H,3-4,7-8H2,1-2H3,(H,20,23)(H,21,24). The average molecular weight is 426 g/mol. The van der Waals surface area contributed by atoms with E-state index in [1.54, 1.807) is 6.07 Å². The van der Waals surface area contributed by atoms with Crippen molar-refractivity contribution in [1.29, 1.82) is 0 Å². The van der Waals surface area contributed by atoms with Crippen LogP contribution in [0.5, 0.6) is 0 Å². The maximum atomic E-state index is 12.7. The van der Waals surface area contributed by atoms with Crippen molar-refractivity contribution >= 4 is 44.8 Å². The van der Waals surface area contributed by atoms with Gasteiger partial charge in [-0.15, -0.1) is 0 Å². The highest BCUT2D eigenvalue weighted by Crippen LogP contribution is 2.29. The number of amides is 2. The molecule has 2 aromatic rings. The molecule has 3 rings (SSSR count). The molecule has 0 radical (unpaired) electrons. The zero-order chi connectivity index (χ0) is 20.5. The van der Waals surface area contributed by atoms with Crippen molar-refractivity contribution in [3.63, 3.8) is 0 Å². The fraction of sp³-hybridized carbons (Fsp3) is 0.333. The van der Waals surface area contributed by atoms with Gasteiger partial charge in [-0.1, -0.05) is 11.6 Å². The minimum absolute atomic E-state index is 0.00773. The van der Waals surface area contributed by atoms with Crippen LogP contribution >= 0.6 is 11.6 Å². The van der Waals surface area contributed by atoms with Crippen molar-refractivity contribution < 1.29 is 22.4 Å². The summed E-state index contributed by atoms with van der Waals surface area (Å²) in [6.45, 7) is 3.81. The summed E-state index contributed by atoms with van der Waals surface area (Å²) in [4.78, 5) is 23.6. The Kier molecular flexibility index (Phi) is 5.78. The van der Waals surface area contributed by atoms with Gasteiger partial charge in [-0.3, -0.25) is 9.59 Å². The molecular weight excluding hydrogens is 406 g/mol. The highest BCUT2D eigenvalue weighted by molar-refractivity contribution is 7.89. The van der Waals surface area contributed by atoms with E-state index >= 15 is 0 Å². The van der Waals surface area contributed by atoms with E-state index in [2.05, 4.69) is 10.6 Å². The van der Waals surface area contributed by atoms with Crippen LogP contribution in [0, 0.1) is 6.92 Å². The number of carbonyl (C=O) groups excluding carboxylic acids is 2. The number of hydrogen-bond donors (Lipinski definition) is 2. The Labute approximate surface area is 167 Å². The summed E-state index contributed by atoms with van der Waals surface area (Å²) in [7, 11) is -3.69. The molecule has 8 nitrogen and oxygen atoms in total. The molecule has 0 atom stereocenters. The summed E-state index contributed by atoms with van der Waals surface area (Å²) >= 11 is 6.14. The molecule has 0 unspecified atom stereocenters. The normalized spacial score (nSPS) is 14.8. The maximum absolute atomic E-state index is 12.7. The summed E-state index contributed by atoms with van der Waals surface area (Å²) in [5.74, 6) is -0.841. The third-order valence-corrected chi connectivity index (χ3v) is 6.64. The SMILES string of the molecule is CC(=O)Nc1ccc(NC(=O)c2cc(S(=O)(=O)N3CCCC3)c(C)o2)c(Cl)c1. The van der Waals surface area contributed by atoms with Crippen LogP contribution < -0.4 is 10.6 Å². The molecule has 1 aliphatic heterocycles. The lowest BCUT2D eigenvalue weighted by Gasteiger charge is -2.14. The minimum atomic E-state index is -3.69. The number of nitrogens with one attached hydrogen (secondary N) is 2. The second-order valence-corrected chi connectivity index (χ2v) is 8.79. The van der Waals surface area contributed by atoms with Crippen LogP contribution in [0.4, 0.5) is 11.4 Å². The van der Waals surface area contributed by atoms with Gasteiger partial charge >= 0.3 is 0 Å². The lowest BCUT2D eigenvalue weighted by Crippen LogP contribution is -2.28. The van der Waals surface area contributed by atoms with Gasteiger partial charge in [-0.05, 0) is 38.0 Å². The Hall–Kier alpha value is -2.36. The molecule has 0 saturated carbocycles. The van der Waals surface area contributed by atoms with E-state index in [1.807, 2.05) is 0 Å². The van der Waals surface area contributed by atoms with Crippen LogP contribution in [-0.4, -0.2) is 37.6 Å². The number of furan rings is 1. The van der Waals surface area contributed by atoms with E-state index in [9.17, 15) is 18.0 Å². The number of aryl methyl sites for hydroxylation is 1. The van der Waals surface area contributed by atoms with Crippen LogP contribution in [-0.2, 0) is 14.8 Å². The molecular formula is C18H20ClN3O5S. The highest BCUT2D eigenvalue weighted by Gasteiger charge is 2.31. The number of hydrogen-bond acceptors (Lipinski definition) is 5. The van der Waals surface area contributed by atoms with Crippen molar-refractivity contribution in [3.05, 3.63) is 40.8 Å². The number of rotatable bonds is 5. The van der Waals surface area contributed by atoms with Crippen molar-refractivity contribution in [2.24, 2.45) is 0 Å². The summed E-state index contributed by atoms with van der Waals surface area (Å²) in [5, 5.41) is 5.38. The Bertz CT molecular complexity index is 1030. The summed E-state index contributed by atoms with van der Waals surface area (Å²) < 4.78 is 32.2. The molecule has 0 spiro atoms. The smallest absolute Gasteiger partial charge is 0.291 e. The highest BCUT2D eigenvalue weighted by atomic mass is 35.5.